The minimum atomic E-state index is 0.671. The average Bonchev–Trinajstić information content (AvgIpc) is 3.74. The Balaban J connectivity index is 1.12. The van der Waals surface area contributed by atoms with E-state index >= 15 is 0 Å². The average molecular weight is 645 g/mol. The fourth-order valence-corrected chi connectivity index (χ4v) is 8.36. The lowest BCUT2D eigenvalue weighted by atomic mass is 9.98. The summed E-state index contributed by atoms with van der Waals surface area (Å²) >= 11 is 1.85. The molecule has 0 amide bonds. The summed E-state index contributed by atoms with van der Waals surface area (Å²) in [5.74, 6) is 0. The van der Waals surface area contributed by atoms with Crippen LogP contribution in [0, 0.1) is 0 Å². The molecule has 0 bridgehead atoms. The Kier molecular flexibility index (Phi) is 6.36. The number of benzene rings is 7. The van der Waals surface area contributed by atoms with Crippen LogP contribution in [0.5, 0.6) is 0 Å². The highest BCUT2D eigenvalue weighted by Crippen LogP contribution is 2.44. The summed E-state index contributed by atoms with van der Waals surface area (Å²) in [7, 11) is 0. The highest BCUT2D eigenvalue weighted by atomic mass is 32.1. The molecule has 3 nitrogen and oxygen atoms in total. The maximum atomic E-state index is 6.10. The van der Waals surface area contributed by atoms with Gasteiger partial charge >= 0.3 is 0 Å². The van der Waals surface area contributed by atoms with E-state index in [2.05, 4.69) is 162 Å². The normalized spacial score (nSPS) is 11.7. The second-order valence-corrected chi connectivity index (χ2v) is 13.5. The zero-order valence-corrected chi connectivity index (χ0v) is 27.2. The Hall–Kier alpha value is -6.23. The molecule has 10 rings (SSSR count). The van der Waals surface area contributed by atoms with E-state index in [1.165, 1.54) is 42.1 Å². The second-order valence-electron chi connectivity index (χ2n) is 12.4. The van der Waals surface area contributed by atoms with Crippen LogP contribution < -0.4 is 4.90 Å². The summed E-state index contributed by atoms with van der Waals surface area (Å²) in [6.45, 7) is 0. The second kappa shape index (κ2) is 11.2. The number of aromatic nitrogens is 1. The van der Waals surface area contributed by atoms with Gasteiger partial charge in [-0.05, 0) is 88.1 Å². The smallest absolute Gasteiger partial charge is 0.227 e. The van der Waals surface area contributed by atoms with E-state index in [1.807, 2.05) is 23.5 Å². The summed E-state index contributed by atoms with van der Waals surface area (Å²) in [5.41, 5.74) is 9.58. The topological polar surface area (TPSA) is 29.3 Å². The van der Waals surface area contributed by atoms with Crippen molar-refractivity contribution < 1.29 is 4.42 Å². The molecule has 10 aromatic rings. The van der Waals surface area contributed by atoms with Gasteiger partial charge in [0.05, 0.1) is 5.69 Å². The van der Waals surface area contributed by atoms with Crippen molar-refractivity contribution in [2.45, 2.75) is 0 Å². The molecule has 3 aromatic heterocycles. The summed E-state index contributed by atoms with van der Waals surface area (Å²) in [6.07, 6.45) is 1.78. The van der Waals surface area contributed by atoms with Crippen LogP contribution in [0.3, 0.4) is 0 Å². The maximum absolute atomic E-state index is 6.10. The minimum Gasteiger partial charge on any atom is -0.438 e. The van der Waals surface area contributed by atoms with E-state index in [0.717, 1.165) is 44.5 Å². The number of para-hydroxylation sites is 1. The van der Waals surface area contributed by atoms with Crippen LogP contribution in [-0.2, 0) is 0 Å². The summed E-state index contributed by atoms with van der Waals surface area (Å²) < 4.78 is 8.69. The molecule has 0 aliphatic rings. The van der Waals surface area contributed by atoms with Gasteiger partial charge in [-0.25, -0.2) is 4.98 Å². The highest BCUT2D eigenvalue weighted by Gasteiger charge is 2.19. The Morgan fingerprint density at radius 2 is 1.22 bits per heavy atom. The van der Waals surface area contributed by atoms with Gasteiger partial charge in [0, 0.05) is 54.1 Å². The Morgan fingerprint density at radius 3 is 2.14 bits per heavy atom. The third kappa shape index (κ3) is 4.61. The molecule has 0 fully saturated rings. The standard InChI is InChI=1S/C45H28N2OS/c1-2-9-30(10-3-1)35-11-4-6-14-40(35)47(34-23-24-37-36-12-5-7-15-42(36)49-43(37)28-34)33-21-18-29(19-22-33)32-17-16-31-20-25-41-44(39(31)27-32)38-13-8-26-46-45(38)48-41/h1-28H. The number of hydrogen-bond donors (Lipinski definition) is 0. The fourth-order valence-electron chi connectivity index (χ4n) is 7.22. The first kappa shape index (κ1) is 27.8. The first-order valence-electron chi connectivity index (χ1n) is 16.4. The zero-order valence-electron chi connectivity index (χ0n) is 26.4. The van der Waals surface area contributed by atoms with Crippen molar-refractivity contribution in [3.8, 4) is 22.3 Å². The molecule has 0 saturated carbocycles. The molecule has 3 heterocycles. The SMILES string of the molecule is c1ccc(-c2ccccc2N(c2ccc(-c3ccc4ccc5oc6ncccc6c5c4c3)cc2)c2ccc3c(c2)sc2ccccc23)cc1. The lowest BCUT2D eigenvalue weighted by Gasteiger charge is -2.28. The van der Waals surface area contributed by atoms with E-state index in [1.54, 1.807) is 6.20 Å². The number of nitrogens with zero attached hydrogens (tertiary/aromatic N) is 2. The quantitative estimate of drug-likeness (QED) is 0.187. The van der Waals surface area contributed by atoms with Crippen LogP contribution in [0.1, 0.15) is 0 Å². The van der Waals surface area contributed by atoms with Crippen LogP contribution in [-0.4, -0.2) is 4.98 Å². The lowest BCUT2D eigenvalue weighted by molar-refractivity contribution is 0.654. The number of furan rings is 1. The molecule has 0 aliphatic carbocycles. The molecule has 0 radical (unpaired) electrons. The van der Waals surface area contributed by atoms with E-state index in [9.17, 15) is 0 Å². The van der Waals surface area contributed by atoms with Gasteiger partial charge in [-0.15, -0.1) is 11.3 Å². The minimum absolute atomic E-state index is 0.671. The lowest BCUT2D eigenvalue weighted by Crippen LogP contribution is -2.11. The number of hydrogen-bond acceptors (Lipinski definition) is 4. The maximum Gasteiger partial charge on any atom is 0.227 e. The fraction of sp³-hybridized carbons (Fsp3) is 0. The Bertz CT molecular complexity index is 2830. The van der Waals surface area contributed by atoms with Gasteiger partial charge in [-0.1, -0.05) is 103 Å². The molecule has 4 heteroatoms. The Labute approximate surface area is 286 Å². The highest BCUT2D eigenvalue weighted by molar-refractivity contribution is 7.25. The van der Waals surface area contributed by atoms with Crippen molar-refractivity contribution in [3.05, 3.63) is 170 Å². The molecule has 49 heavy (non-hydrogen) atoms. The van der Waals surface area contributed by atoms with Crippen LogP contribution in [0.2, 0.25) is 0 Å². The van der Waals surface area contributed by atoms with Gasteiger partial charge in [0.25, 0.3) is 0 Å². The van der Waals surface area contributed by atoms with Gasteiger partial charge in [0.15, 0.2) is 0 Å². The predicted molar refractivity (Wildman–Crippen MR) is 207 cm³/mol. The number of anilines is 3. The molecule has 0 saturated heterocycles. The predicted octanol–water partition coefficient (Wildman–Crippen LogP) is 13.3. The first-order valence-corrected chi connectivity index (χ1v) is 17.3. The van der Waals surface area contributed by atoms with Crippen molar-refractivity contribution in [2.24, 2.45) is 0 Å². The summed E-state index contributed by atoms with van der Waals surface area (Å²) in [6, 6.07) is 58.8. The van der Waals surface area contributed by atoms with Gasteiger partial charge in [-0.3, -0.25) is 0 Å². The van der Waals surface area contributed by atoms with E-state index < -0.39 is 0 Å². The molecular formula is C45H28N2OS. The third-order valence-electron chi connectivity index (χ3n) is 9.54. The number of rotatable bonds is 5. The van der Waals surface area contributed by atoms with Crippen LogP contribution in [0.4, 0.5) is 17.1 Å². The van der Waals surface area contributed by atoms with Crippen molar-refractivity contribution in [1.82, 2.24) is 4.98 Å². The zero-order chi connectivity index (χ0) is 32.3. The molecule has 0 spiro atoms. The number of fused-ring (bicyclic) bond motifs is 8. The van der Waals surface area contributed by atoms with E-state index in [-0.39, 0.29) is 0 Å². The van der Waals surface area contributed by atoms with Crippen molar-refractivity contribution >= 4 is 81.4 Å². The van der Waals surface area contributed by atoms with Crippen molar-refractivity contribution in [1.29, 1.82) is 0 Å². The van der Waals surface area contributed by atoms with Crippen molar-refractivity contribution in [2.75, 3.05) is 4.90 Å². The van der Waals surface area contributed by atoms with Gasteiger partial charge in [0.1, 0.15) is 5.58 Å². The molecule has 0 N–H and O–H groups in total. The molecule has 0 unspecified atom stereocenters. The van der Waals surface area contributed by atoms with Gasteiger partial charge in [-0.2, -0.15) is 0 Å². The molecular weight excluding hydrogens is 617 g/mol. The van der Waals surface area contributed by atoms with Crippen molar-refractivity contribution in [3.63, 3.8) is 0 Å². The molecule has 230 valence electrons. The first-order chi connectivity index (χ1) is 24.3. The van der Waals surface area contributed by atoms with E-state index in [4.69, 9.17) is 4.42 Å². The molecule has 7 aromatic carbocycles. The van der Waals surface area contributed by atoms with E-state index in [0.29, 0.717) is 5.71 Å². The number of thiophene rings is 1. The third-order valence-corrected chi connectivity index (χ3v) is 10.7. The Morgan fingerprint density at radius 1 is 0.490 bits per heavy atom. The monoisotopic (exact) mass is 644 g/mol. The summed E-state index contributed by atoms with van der Waals surface area (Å²) in [4.78, 5) is 6.86. The van der Waals surface area contributed by atoms with Crippen LogP contribution in [0.15, 0.2) is 174 Å². The van der Waals surface area contributed by atoms with Crippen LogP contribution in [0.25, 0.3) is 75.3 Å². The van der Waals surface area contributed by atoms with Gasteiger partial charge < -0.3 is 9.32 Å². The largest absolute Gasteiger partial charge is 0.438 e. The molecule has 0 aliphatic heterocycles. The van der Waals surface area contributed by atoms with Gasteiger partial charge in [0.2, 0.25) is 5.71 Å². The number of pyridine rings is 1. The summed E-state index contributed by atoms with van der Waals surface area (Å²) in [5, 5.41) is 7.10. The molecule has 0 atom stereocenters. The van der Waals surface area contributed by atoms with Crippen LogP contribution >= 0.6 is 11.3 Å².